The second kappa shape index (κ2) is 4.43. The third-order valence-corrected chi connectivity index (χ3v) is 3.35. The van der Waals surface area contributed by atoms with E-state index in [0.717, 1.165) is 24.3 Å². The zero-order chi connectivity index (χ0) is 12.5. The van der Waals surface area contributed by atoms with Gasteiger partial charge in [-0.25, -0.2) is 0 Å². The van der Waals surface area contributed by atoms with E-state index in [1.54, 1.807) is 0 Å². The van der Waals surface area contributed by atoms with Crippen LogP contribution in [0.5, 0.6) is 5.75 Å². The van der Waals surface area contributed by atoms with Crippen molar-refractivity contribution in [3.8, 4) is 5.75 Å². The summed E-state index contributed by atoms with van der Waals surface area (Å²) < 4.78 is 6.06. The minimum Gasteiger partial charge on any atom is -0.457 e. The Bertz CT molecular complexity index is 415. The second-order valence-corrected chi connectivity index (χ2v) is 4.20. The van der Waals surface area contributed by atoms with Gasteiger partial charge in [0.25, 0.3) is 0 Å². The highest BCUT2D eigenvalue weighted by Crippen LogP contribution is 2.40. The van der Waals surface area contributed by atoms with Crippen molar-refractivity contribution in [2.45, 2.75) is 18.7 Å². The highest BCUT2D eigenvalue weighted by molar-refractivity contribution is 5.75. The third-order valence-electron chi connectivity index (χ3n) is 3.35. The molecule has 17 heavy (non-hydrogen) atoms. The minimum atomic E-state index is -0.508. The molecule has 1 aromatic carbocycles. The van der Waals surface area contributed by atoms with E-state index >= 15 is 0 Å². The van der Waals surface area contributed by atoms with Crippen molar-refractivity contribution in [2.24, 2.45) is 0 Å². The molecule has 0 amide bonds. The molecule has 0 unspecified atom stereocenters. The van der Waals surface area contributed by atoms with Gasteiger partial charge in [-0.3, -0.25) is 10.6 Å². The van der Waals surface area contributed by atoms with Gasteiger partial charge in [0.2, 0.25) is 5.85 Å². The highest BCUT2D eigenvalue weighted by atomic mass is 16.5. The molecule has 1 aliphatic rings. The first-order valence-corrected chi connectivity index (χ1v) is 5.81. The first-order valence-electron chi connectivity index (χ1n) is 5.81. The van der Waals surface area contributed by atoms with Crippen LogP contribution in [0.1, 0.15) is 12.0 Å². The van der Waals surface area contributed by atoms with Gasteiger partial charge in [-0.05, 0) is 32.1 Å². The van der Waals surface area contributed by atoms with Gasteiger partial charge in [0.1, 0.15) is 5.69 Å². The van der Waals surface area contributed by atoms with Gasteiger partial charge in [-0.15, -0.1) is 0 Å². The van der Waals surface area contributed by atoms with Crippen molar-refractivity contribution in [3.63, 3.8) is 0 Å². The van der Waals surface area contributed by atoms with Crippen molar-refractivity contribution in [1.82, 2.24) is 10.6 Å². The van der Waals surface area contributed by atoms with Gasteiger partial charge in [0.15, 0.2) is 5.75 Å². The van der Waals surface area contributed by atoms with E-state index in [-0.39, 0.29) is 0 Å². The lowest BCUT2D eigenvalue weighted by Crippen LogP contribution is -2.60. The Labute approximate surface area is 102 Å². The van der Waals surface area contributed by atoms with Crippen LogP contribution < -0.4 is 26.4 Å². The van der Waals surface area contributed by atoms with Gasteiger partial charge in [-0.1, -0.05) is 6.07 Å². The van der Waals surface area contributed by atoms with Crippen LogP contribution in [0.15, 0.2) is 12.1 Å². The summed E-state index contributed by atoms with van der Waals surface area (Å²) in [5.41, 5.74) is 8.69. The molecule has 0 aromatic heterocycles. The fourth-order valence-corrected chi connectivity index (χ4v) is 2.23. The summed E-state index contributed by atoms with van der Waals surface area (Å²) in [5, 5.41) is 9.46. The molecule has 2 rings (SSSR count). The summed E-state index contributed by atoms with van der Waals surface area (Å²) in [7, 11) is 5.62. The molecule has 0 saturated heterocycles. The number of benzene rings is 1. The molecule has 1 aliphatic heterocycles. The lowest BCUT2D eigenvalue weighted by atomic mass is 10.0. The molecule has 1 aromatic rings. The van der Waals surface area contributed by atoms with Crippen LogP contribution in [0.4, 0.5) is 11.4 Å². The van der Waals surface area contributed by atoms with Crippen molar-refractivity contribution < 1.29 is 4.74 Å². The molecule has 5 N–H and O–H groups in total. The molecular formula is C12H20N4O. The summed E-state index contributed by atoms with van der Waals surface area (Å²) in [4.78, 5) is 0. The number of hydrogen-bond acceptors (Lipinski definition) is 5. The van der Waals surface area contributed by atoms with Crippen molar-refractivity contribution in [2.75, 3.05) is 32.2 Å². The average Bonchev–Trinajstić information content (AvgIpc) is 2.38. The molecule has 5 nitrogen and oxygen atoms in total. The maximum atomic E-state index is 6.06. The Kier molecular flexibility index (Phi) is 3.13. The minimum absolute atomic E-state index is 0.508. The predicted molar refractivity (Wildman–Crippen MR) is 70.2 cm³/mol. The number of anilines is 2. The highest BCUT2D eigenvalue weighted by Gasteiger charge is 2.34. The van der Waals surface area contributed by atoms with Crippen LogP contribution >= 0.6 is 0 Å². The third kappa shape index (κ3) is 1.92. The van der Waals surface area contributed by atoms with Crippen LogP contribution in [0.2, 0.25) is 0 Å². The molecule has 0 fully saturated rings. The quantitative estimate of drug-likeness (QED) is 0.460. The smallest absolute Gasteiger partial charge is 0.217 e. The number of nitrogen functional groups attached to an aromatic ring is 1. The van der Waals surface area contributed by atoms with Crippen molar-refractivity contribution in [1.29, 1.82) is 0 Å². The molecule has 1 heterocycles. The van der Waals surface area contributed by atoms with Crippen molar-refractivity contribution >= 4 is 11.4 Å². The predicted octanol–water partition coefficient (Wildman–Crippen LogP) is 0.728. The molecule has 0 spiro atoms. The number of rotatable bonds is 3. The molecule has 0 radical (unpaired) electrons. The number of ether oxygens (including phenoxy) is 1. The van der Waals surface area contributed by atoms with E-state index < -0.39 is 5.85 Å². The van der Waals surface area contributed by atoms with E-state index in [9.17, 15) is 0 Å². The fraction of sp³-hybridized carbons (Fsp3) is 0.500. The topological polar surface area (TPSA) is 71.3 Å². The number of nitrogens with two attached hydrogens (primary N) is 1. The lowest BCUT2D eigenvalue weighted by Gasteiger charge is -2.38. The monoisotopic (exact) mass is 236 g/mol. The van der Waals surface area contributed by atoms with Gasteiger partial charge in [-0.2, -0.15) is 0 Å². The molecule has 0 bridgehead atoms. The average molecular weight is 236 g/mol. The Morgan fingerprint density at radius 3 is 2.53 bits per heavy atom. The Hall–Kier alpha value is -1.46. The summed E-state index contributed by atoms with van der Waals surface area (Å²) in [6.07, 6.45) is 1.83. The number of aryl methyl sites for hydroxylation is 1. The normalized spacial score (nSPS) is 17.1. The maximum absolute atomic E-state index is 6.06. The first kappa shape index (κ1) is 12.0. The van der Waals surface area contributed by atoms with E-state index in [0.29, 0.717) is 5.69 Å². The SMILES string of the molecule is CNc1c(N)ccc2c1OC(NC)(NC)CC2. The van der Waals surface area contributed by atoms with E-state index in [1.807, 2.05) is 33.3 Å². The summed E-state index contributed by atoms with van der Waals surface area (Å²) >= 11 is 0. The number of hydrogen-bond donors (Lipinski definition) is 4. The Balaban J connectivity index is 2.45. The molecule has 94 valence electrons. The fourth-order valence-electron chi connectivity index (χ4n) is 2.23. The summed E-state index contributed by atoms with van der Waals surface area (Å²) in [6.45, 7) is 0. The van der Waals surface area contributed by atoms with E-state index in [2.05, 4.69) is 16.0 Å². The summed E-state index contributed by atoms with van der Waals surface area (Å²) in [5.74, 6) is 0.328. The second-order valence-electron chi connectivity index (χ2n) is 4.20. The zero-order valence-corrected chi connectivity index (χ0v) is 10.6. The molecule has 0 aliphatic carbocycles. The van der Waals surface area contributed by atoms with Crippen LogP contribution in [-0.2, 0) is 6.42 Å². The Morgan fingerprint density at radius 2 is 1.94 bits per heavy atom. The first-order chi connectivity index (χ1) is 8.15. The van der Waals surface area contributed by atoms with Crippen LogP contribution in [0.3, 0.4) is 0 Å². The maximum Gasteiger partial charge on any atom is 0.217 e. The van der Waals surface area contributed by atoms with Crippen molar-refractivity contribution in [3.05, 3.63) is 17.7 Å². The van der Waals surface area contributed by atoms with Gasteiger partial charge < -0.3 is 15.8 Å². The lowest BCUT2D eigenvalue weighted by molar-refractivity contribution is -0.00569. The van der Waals surface area contributed by atoms with Crippen LogP contribution in [-0.4, -0.2) is 27.0 Å². The van der Waals surface area contributed by atoms with E-state index in [4.69, 9.17) is 10.5 Å². The Morgan fingerprint density at radius 1 is 1.24 bits per heavy atom. The van der Waals surface area contributed by atoms with Gasteiger partial charge in [0, 0.05) is 13.5 Å². The molecule has 0 atom stereocenters. The summed E-state index contributed by atoms with van der Waals surface area (Å²) in [6, 6.07) is 3.94. The molecular weight excluding hydrogens is 216 g/mol. The van der Waals surface area contributed by atoms with Crippen LogP contribution in [0, 0.1) is 0 Å². The molecule has 5 heteroatoms. The molecule has 0 saturated carbocycles. The van der Waals surface area contributed by atoms with Crippen LogP contribution in [0.25, 0.3) is 0 Å². The largest absolute Gasteiger partial charge is 0.457 e. The zero-order valence-electron chi connectivity index (χ0n) is 10.6. The van der Waals surface area contributed by atoms with Gasteiger partial charge in [0.05, 0.1) is 5.69 Å². The van der Waals surface area contributed by atoms with Gasteiger partial charge >= 0.3 is 0 Å². The number of nitrogens with one attached hydrogen (secondary N) is 3. The van der Waals surface area contributed by atoms with E-state index in [1.165, 1.54) is 5.56 Å². The number of fused-ring (bicyclic) bond motifs is 1. The standard InChI is InChI=1S/C12H20N4O/c1-14-10-9(13)5-4-8-6-7-12(15-2,16-3)17-11(8)10/h4-5,14-16H,6-7,13H2,1-3H3.